The first-order valence-corrected chi connectivity index (χ1v) is 5.30. The van der Waals surface area contributed by atoms with E-state index in [1.807, 2.05) is 19.1 Å². The van der Waals surface area contributed by atoms with Gasteiger partial charge in [-0.15, -0.1) is 0 Å². The summed E-state index contributed by atoms with van der Waals surface area (Å²) in [6.07, 6.45) is 7.76. The standard InChI is InChI=1S/C12H19NO/c1-4-12(14)13-11-7-5-6-10(8-11)9(2)3/h5-7,9-10H,4,8H2,1-3H3,(H,13,14). The maximum atomic E-state index is 11.2. The van der Waals surface area contributed by atoms with Gasteiger partial charge in [0.05, 0.1) is 0 Å². The van der Waals surface area contributed by atoms with Gasteiger partial charge in [-0.1, -0.05) is 32.9 Å². The minimum Gasteiger partial charge on any atom is -0.330 e. The largest absolute Gasteiger partial charge is 0.330 e. The van der Waals surface area contributed by atoms with Crippen LogP contribution in [0, 0.1) is 11.8 Å². The maximum absolute atomic E-state index is 11.2. The highest BCUT2D eigenvalue weighted by Crippen LogP contribution is 2.23. The van der Waals surface area contributed by atoms with E-state index >= 15 is 0 Å². The van der Waals surface area contributed by atoms with Crippen molar-refractivity contribution >= 4 is 5.91 Å². The molecule has 2 heteroatoms. The third kappa shape index (κ3) is 3.02. The molecular formula is C12H19NO. The lowest BCUT2D eigenvalue weighted by Gasteiger charge is -2.21. The molecule has 0 radical (unpaired) electrons. The average molecular weight is 193 g/mol. The lowest BCUT2D eigenvalue weighted by atomic mass is 9.88. The monoisotopic (exact) mass is 193 g/mol. The van der Waals surface area contributed by atoms with Crippen molar-refractivity contribution < 1.29 is 4.79 Å². The lowest BCUT2D eigenvalue weighted by molar-refractivity contribution is -0.120. The molecular weight excluding hydrogens is 174 g/mol. The zero-order valence-corrected chi connectivity index (χ0v) is 9.21. The summed E-state index contributed by atoms with van der Waals surface area (Å²) in [5, 5.41) is 2.92. The Hall–Kier alpha value is -1.05. The van der Waals surface area contributed by atoms with E-state index in [1.165, 1.54) is 0 Å². The first-order valence-electron chi connectivity index (χ1n) is 5.30. The molecule has 0 saturated heterocycles. The quantitative estimate of drug-likeness (QED) is 0.733. The van der Waals surface area contributed by atoms with Crippen LogP contribution in [0.25, 0.3) is 0 Å². The number of hydrogen-bond donors (Lipinski definition) is 1. The summed E-state index contributed by atoms with van der Waals surface area (Å²) in [6, 6.07) is 0. The molecule has 2 nitrogen and oxygen atoms in total. The number of allylic oxidation sites excluding steroid dienone is 4. The van der Waals surface area contributed by atoms with E-state index in [2.05, 4.69) is 25.2 Å². The van der Waals surface area contributed by atoms with E-state index < -0.39 is 0 Å². The number of nitrogens with one attached hydrogen (secondary N) is 1. The summed E-state index contributed by atoms with van der Waals surface area (Å²) < 4.78 is 0. The van der Waals surface area contributed by atoms with Crippen LogP contribution in [0.5, 0.6) is 0 Å². The van der Waals surface area contributed by atoms with Gasteiger partial charge in [0.2, 0.25) is 5.91 Å². The van der Waals surface area contributed by atoms with E-state index in [0.717, 1.165) is 12.1 Å². The number of carbonyl (C=O) groups excluding carboxylic acids is 1. The van der Waals surface area contributed by atoms with Crippen molar-refractivity contribution in [2.75, 3.05) is 0 Å². The van der Waals surface area contributed by atoms with Crippen LogP contribution in [0.15, 0.2) is 23.9 Å². The van der Waals surface area contributed by atoms with Crippen molar-refractivity contribution in [2.24, 2.45) is 11.8 Å². The maximum Gasteiger partial charge on any atom is 0.223 e. The predicted octanol–water partition coefficient (Wildman–Crippen LogP) is 2.63. The SMILES string of the molecule is CCC(=O)NC1=CC=CC(C(C)C)C1. The van der Waals surface area contributed by atoms with Crippen LogP contribution in [0.2, 0.25) is 0 Å². The third-order valence-electron chi connectivity index (χ3n) is 2.59. The topological polar surface area (TPSA) is 29.1 Å². The van der Waals surface area contributed by atoms with E-state index in [1.54, 1.807) is 0 Å². The molecule has 0 spiro atoms. The molecule has 0 heterocycles. The molecule has 0 aromatic heterocycles. The molecule has 78 valence electrons. The minimum absolute atomic E-state index is 0.106. The Morgan fingerprint density at radius 2 is 2.36 bits per heavy atom. The van der Waals surface area contributed by atoms with Gasteiger partial charge in [0.25, 0.3) is 0 Å². The fraction of sp³-hybridized carbons (Fsp3) is 0.583. The Bertz CT molecular complexity index is 263. The second kappa shape index (κ2) is 4.99. The van der Waals surface area contributed by atoms with Crippen LogP contribution in [0.4, 0.5) is 0 Å². The van der Waals surface area contributed by atoms with Crippen molar-refractivity contribution in [1.82, 2.24) is 5.32 Å². The first-order chi connectivity index (χ1) is 6.63. The van der Waals surface area contributed by atoms with Gasteiger partial charge in [0, 0.05) is 12.1 Å². The molecule has 1 rings (SSSR count). The summed E-state index contributed by atoms with van der Waals surface area (Å²) in [6.45, 7) is 6.29. The zero-order chi connectivity index (χ0) is 10.6. The van der Waals surface area contributed by atoms with Gasteiger partial charge in [-0.3, -0.25) is 4.79 Å². The van der Waals surface area contributed by atoms with Crippen molar-refractivity contribution in [3.8, 4) is 0 Å². The molecule has 1 aliphatic carbocycles. The van der Waals surface area contributed by atoms with Gasteiger partial charge in [-0.05, 0) is 24.3 Å². The molecule has 0 aromatic rings. The van der Waals surface area contributed by atoms with Gasteiger partial charge >= 0.3 is 0 Å². The molecule has 1 amide bonds. The molecule has 1 unspecified atom stereocenters. The van der Waals surface area contributed by atoms with Crippen molar-refractivity contribution in [3.63, 3.8) is 0 Å². The fourth-order valence-electron chi connectivity index (χ4n) is 1.52. The van der Waals surface area contributed by atoms with Crippen LogP contribution in [-0.2, 0) is 4.79 Å². The van der Waals surface area contributed by atoms with Crippen molar-refractivity contribution in [3.05, 3.63) is 23.9 Å². The van der Waals surface area contributed by atoms with Crippen LogP contribution >= 0.6 is 0 Å². The highest BCUT2D eigenvalue weighted by molar-refractivity contribution is 5.77. The number of amides is 1. The van der Waals surface area contributed by atoms with Crippen LogP contribution in [0.1, 0.15) is 33.6 Å². The van der Waals surface area contributed by atoms with Gasteiger partial charge in [-0.2, -0.15) is 0 Å². The Morgan fingerprint density at radius 1 is 1.64 bits per heavy atom. The molecule has 0 aliphatic heterocycles. The van der Waals surface area contributed by atoms with Gasteiger partial charge in [-0.25, -0.2) is 0 Å². The third-order valence-corrected chi connectivity index (χ3v) is 2.59. The first kappa shape index (κ1) is 11.0. The number of rotatable bonds is 3. The number of hydrogen-bond acceptors (Lipinski definition) is 1. The van der Waals surface area contributed by atoms with Crippen molar-refractivity contribution in [1.29, 1.82) is 0 Å². The van der Waals surface area contributed by atoms with Crippen LogP contribution in [0.3, 0.4) is 0 Å². The Labute approximate surface area is 86.1 Å². The summed E-state index contributed by atoms with van der Waals surface area (Å²) in [5.74, 6) is 1.30. The molecule has 0 aromatic carbocycles. The van der Waals surface area contributed by atoms with Crippen LogP contribution < -0.4 is 5.32 Å². The predicted molar refractivity (Wildman–Crippen MR) is 58.6 cm³/mol. The lowest BCUT2D eigenvalue weighted by Crippen LogP contribution is -2.25. The molecule has 1 atom stereocenters. The van der Waals surface area contributed by atoms with E-state index in [0.29, 0.717) is 18.3 Å². The minimum atomic E-state index is 0.106. The Balaban J connectivity index is 2.52. The molecule has 1 aliphatic rings. The molecule has 0 saturated carbocycles. The van der Waals surface area contributed by atoms with E-state index in [4.69, 9.17) is 0 Å². The Kier molecular flexibility index (Phi) is 3.93. The Morgan fingerprint density at radius 3 is 2.93 bits per heavy atom. The molecule has 0 bridgehead atoms. The summed E-state index contributed by atoms with van der Waals surface area (Å²) in [4.78, 5) is 11.2. The average Bonchev–Trinajstić information content (AvgIpc) is 2.18. The molecule has 14 heavy (non-hydrogen) atoms. The van der Waals surface area contributed by atoms with Gasteiger partial charge in [0.15, 0.2) is 0 Å². The van der Waals surface area contributed by atoms with E-state index in [9.17, 15) is 4.79 Å². The molecule has 0 fully saturated rings. The smallest absolute Gasteiger partial charge is 0.223 e. The summed E-state index contributed by atoms with van der Waals surface area (Å²) >= 11 is 0. The van der Waals surface area contributed by atoms with Gasteiger partial charge in [0.1, 0.15) is 0 Å². The normalized spacial score (nSPS) is 20.9. The second-order valence-corrected chi connectivity index (χ2v) is 4.09. The second-order valence-electron chi connectivity index (χ2n) is 4.09. The highest BCUT2D eigenvalue weighted by atomic mass is 16.1. The fourth-order valence-corrected chi connectivity index (χ4v) is 1.52. The van der Waals surface area contributed by atoms with E-state index in [-0.39, 0.29) is 5.91 Å². The van der Waals surface area contributed by atoms with Crippen molar-refractivity contribution in [2.45, 2.75) is 33.6 Å². The highest BCUT2D eigenvalue weighted by Gasteiger charge is 2.15. The summed E-state index contributed by atoms with van der Waals surface area (Å²) in [5.41, 5.74) is 1.05. The summed E-state index contributed by atoms with van der Waals surface area (Å²) in [7, 11) is 0. The molecule has 1 N–H and O–H groups in total. The zero-order valence-electron chi connectivity index (χ0n) is 9.21. The number of carbonyl (C=O) groups is 1. The van der Waals surface area contributed by atoms with Crippen LogP contribution in [-0.4, -0.2) is 5.91 Å². The van der Waals surface area contributed by atoms with Gasteiger partial charge < -0.3 is 5.32 Å².